The molecule has 6 heteroatoms. The quantitative estimate of drug-likeness (QED) is 0.788. The van der Waals surface area contributed by atoms with Crippen LogP contribution in [0.15, 0.2) is 34.2 Å². The maximum Gasteiger partial charge on any atom is 0.262 e. The second kappa shape index (κ2) is 7.27. The number of carbonyl (C=O) groups excluding carboxylic acids is 1. The Morgan fingerprint density at radius 2 is 2.13 bits per heavy atom. The second-order valence-electron chi connectivity index (χ2n) is 5.68. The summed E-state index contributed by atoms with van der Waals surface area (Å²) < 4.78 is 6.75. The highest BCUT2D eigenvalue weighted by Crippen LogP contribution is 2.30. The van der Waals surface area contributed by atoms with E-state index in [0.717, 1.165) is 19.3 Å². The number of ketones is 1. The minimum Gasteiger partial charge on any atom is -0.383 e. The smallest absolute Gasteiger partial charge is 0.262 e. The highest BCUT2D eigenvalue weighted by Gasteiger charge is 2.25. The number of hydrogen-bond donors (Lipinski definition) is 0. The van der Waals surface area contributed by atoms with Gasteiger partial charge >= 0.3 is 0 Å². The number of benzene rings is 1. The van der Waals surface area contributed by atoms with E-state index in [0.29, 0.717) is 35.6 Å². The lowest BCUT2D eigenvalue weighted by Crippen LogP contribution is -2.28. The molecule has 0 spiro atoms. The average molecular weight is 332 g/mol. The Morgan fingerprint density at radius 3 is 2.91 bits per heavy atom. The second-order valence-corrected chi connectivity index (χ2v) is 6.85. The highest BCUT2D eigenvalue weighted by atomic mass is 32.2. The first-order valence-corrected chi connectivity index (χ1v) is 8.76. The molecule has 1 aromatic carbocycles. The number of carbonyl (C=O) groups is 1. The molecular weight excluding hydrogens is 312 g/mol. The molecule has 0 amide bonds. The van der Waals surface area contributed by atoms with Gasteiger partial charge in [0.2, 0.25) is 0 Å². The molecule has 0 bridgehead atoms. The molecule has 5 nitrogen and oxygen atoms in total. The summed E-state index contributed by atoms with van der Waals surface area (Å²) in [7, 11) is 1.61. The first kappa shape index (κ1) is 16.2. The van der Waals surface area contributed by atoms with Crippen LogP contribution >= 0.6 is 11.8 Å². The molecule has 0 saturated heterocycles. The van der Waals surface area contributed by atoms with E-state index in [4.69, 9.17) is 4.74 Å². The van der Waals surface area contributed by atoms with E-state index in [1.807, 2.05) is 18.2 Å². The van der Waals surface area contributed by atoms with Gasteiger partial charge < -0.3 is 4.74 Å². The number of methoxy groups -OCH3 is 1. The van der Waals surface area contributed by atoms with Crippen molar-refractivity contribution < 1.29 is 9.53 Å². The summed E-state index contributed by atoms with van der Waals surface area (Å²) >= 11 is 1.43. The predicted molar refractivity (Wildman–Crippen MR) is 91.0 cm³/mol. The molecule has 1 aliphatic rings. The number of rotatable bonds is 5. The van der Waals surface area contributed by atoms with Crippen molar-refractivity contribution in [1.82, 2.24) is 9.55 Å². The van der Waals surface area contributed by atoms with Gasteiger partial charge in [-0.15, -0.1) is 0 Å². The van der Waals surface area contributed by atoms with Gasteiger partial charge in [0.15, 0.2) is 5.16 Å². The number of para-hydroxylation sites is 1. The van der Waals surface area contributed by atoms with Crippen LogP contribution in [0.4, 0.5) is 0 Å². The summed E-state index contributed by atoms with van der Waals surface area (Å²) in [5, 5.41) is 1.12. The molecule has 23 heavy (non-hydrogen) atoms. The SMILES string of the molecule is COCCn1c(S[C@@H]2CCCCC2=O)nc2ccccc2c1=O. The molecule has 0 radical (unpaired) electrons. The number of Topliss-reactive ketones (excluding diaryl/α,β-unsaturated/α-hetero) is 1. The monoisotopic (exact) mass is 332 g/mol. The van der Waals surface area contributed by atoms with Crippen molar-refractivity contribution in [1.29, 1.82) is 0 Å². The van der Waals surface area contributed by atoms with Crippen LogP contribution in [0.1, 0.15) is 25.7 Å². The Bertz CT molecular complexity index is 772. The normalized spacial score (nSPS) is 18.5. The number of aromatic nitrogens is 2. The lowest BCUT2D eigenvalue weighted by Gasteiger charge is -2.21. The van der Waals surface area contributed by atoms with Crippen LogP contribution in [0, 0.1) is 0 Å². The molecule has 1 saturated carbocycles. The van der Waals surface area contributed by atoms with E-state index in [-0.39, 0.29) is 16.6 Å². The molecule has 2 aromatic rings. The van der Waals surface area contributed by atoms with Gasteiger partial charge in [0, 0.05) is 13.5 Å². The van der Waals surface area contributed by atoms with Crippen molar-refractivity contribution >= 4 is 28.4 Å². The van der Waals surface area contributed by atoms with Gasteiger partial charge in [-0.3, -0.25) is 14.2 Å². The largest absolute Gasteiger partial charge is 0.383 e. The Kier molecular flexibility index (Phi) is 5.13. The van der Waals surface area contributed by atoms with Gasteiger partial charge in [0.25, 0.3) is 5.56 Å². The number of nitrogens with zero attached hydrogens (tertiary/aromatic N) is 2. The third-order valence-corrected chi connectivity index (χ3v) is 5.40. The Morgan fingerprint density at radius 1 is 1.30 bits per heavy atom. The summed E-state index contributed by atoms with van der Waals surface area (Å²) in [6, 6.07) is 7.33. The van der Waals surface area contributed by atoms with Gasteiger partial charge in [0.05, 0.1) is 29.3 Å². The minimum atomic E-state index is -0.0920. The maximum atomic E-state index is 12.7. The fourth-order valence-corrected chi connectivity index (χ4v) is 4.06. The number of hydrogen-bond acceptors (Lipinski definition) is 5. The van der Waals surface area contributed by atoms with E-state index < -0.39 is 0 Å². The van der Waals surface area contributed by atoms with E-state index in [2.05, 4.69) is 4.98 Å². The Balaban J connectivity index is 2.02. The topological polar surface area (TPSA) is 61.2 Å². The molecule has 1 heterocycles. The highest BCUT2D eigenvalue weighted by molar-refractivity contribution is 8.00. The summed E-state index contributed by atoms with van der Waals surface area (Å²) in [6.45, 7) is 0.877. The molecule has 1 atom stereocenters. The van der Waals surface area contributed by atoms with E-state index in [1.165, 1.54) is 11.8 Å². The third kappa shape index (κ3) is 3.48. The molecule has 0 N–H and O–H groups in total. The van der Waals surface area contributed by atoms with Crippen LogP contribution in [-0.4, -0.2) is 34.3 Å². The molecule has 3 rings (SSSR count). The Hall–Kier alpha value is -1.66. The van der Waals surface area contributed by atoms with Crippen LogP contribution in [0.5, 0.6) is 0 Å². The van der Waals surface area contributed by atoms with Crippen molar-refractivity contribution in [3.05, 3.63) is 34.6 Å². The zero-order valence-corrected chi connectivity index (χ0v) is 14.0. The maximum absolute atomic E-state index is 12.7. The molecule has 122 valence electrons. The fourth-order valence-electron chi connectivity index (χ4n) is 2.82. The zero-order valence-electron chi connectivity index (χ0n) is 13.2. The standard InChI is InChI=1S/C17H20N2O3S/c1-22-11-10-19-16(21)12-6-2-3-7-13(12)18-17(19)23-15-9-5-4-8-14(15)20/h2-3,6-7,15H,4-5,8-11H2,1H3/t15-/m1/s1. The molecule has 0 aliphatic heterocycles. The summed E-state index contributed by atoms with van der Waals surface area (Å²) in [5.41, 5.74) is 0.607. The summed E-state index contributed by atoms with van der Waals surface area (Å²) in [6.07, 6.45) is 3.51. The van der Waals surface area contributed by atoms with Crippen molar-refractivity contribution in [2.75, 3.05) is 13.7 Å². The van der Waals surface area contributed by atoms with E-state index >= 15 is 0 Å². The summed E-state index contributed by atoms with van der Waals surface area (Å²) in [4.78, 5) is 29.5. The third-order valence-electron chi connectivity index (χ3n) is 4.09. The molecule has 1 aliphatic carbocycles. The van der Waals surface area contributed by atoms with Gasteiger partial charge in [-0.2, -0.15) is 0 Å². The number of thioether (sulfide) groups is 1. The van der Waals surface area contributed by atoms with Gasteiger partial charge in [-0.25, -0.2) is 4.98 Å². The van der Waals surface area contributed by atoms with Crippen molar-refractivity contribution in [2.24, 2.45) is 0 Å². The number of ether oxygens (including phenoxy) is 1. The Labute approximate surface area is 139 Å². The fraction of sp³-hybridized carbons (Fsp3) is 0.471. The molecule has 0 unspecified atom stereocenters. The molecular formula is C17H20N2O3S. The van der Waals surface area contributed by atoms with Crippen LogP contribution in [-0.2, 0) is 16.1 Å². The van der Waals surface area contributed by atoms with Crippen molar-refractivity contribution in [2.45, 2.75) is 42.6 Å². The van der Waals surface area contributed by atoms with Crippen molar-refractivity contribution in [3.63, 3.8) is 0 Å². The van der Waals surface area contributed by atoms with E-state index in [1.54, 1.807) is 17.7 Å². The summed E-state index contributed by atoms with van der Waals surface area (Å²) in [5.74, 6) is 0.266. The average Bonchev–Trinajstić information content (AvgIpc) is 2.57. The van der Waals surface area contributed by atoms with Gasteiger partial charge in [0.1, 0.15) is 5.78 Å². The molecule has 1 aromatic heterocycles. The van der Waals surface area contributed by atoms with Crippen molar-refractivity contribution in [3.8, 4) is 0 Å². The van der Waals surface area contributed by atoms with Crippen LogP contribution in [0.25, 0.3) is 10.9 Å². The number of fused-ring (bicyclic) bond motifs is 1. The zero-order chi connectivity index (χ0) is 16.2. The first-order valence-electron chi connectivity index (χ1n) is 7.88. The lowest BCUT2D eigenvalue weighted by molar-refractivity contribution is -0.119. The first-order chi connectivity index (χ1) is 11.2. The van der Waals surface area contributed by atoms with Gasteiger partial charge in [-0.1, -0.05) is 30.3 Å². The minimum absolute atomic E-state index is 0.0709. The van der Waals surface area contributed by atoms with E-state index in [9.17, 15) is 9.59 Å². The van der Waals surface area contributed by atoms with Gasteiger partial charge in [-0.05, 0) is 25.0 Å². The molecule has 1 fully saturated rings. The van der Waals surface area contributed by atoms with Crippen LogP contribution < -0.4 is 5.56 Å². The van der Waals surface area contributed by atoms with Crippen LogP contribution in [0.2, 0.25) is 0 Å². The predicted octanol–water partition coefficient (Wildman–Crippen LogP) is 2.65. The lowest BCUT2D eigenvalue weighted by atomic mass is 9.99. The van der Waals surface area contributed by atoms with Crippen LogP contribution in [0.3, 0.4) is 0 Å².